The molecule has 0 amide bonds. The van der Waals surface area contributed by atoms with Gasteiger partial charge in [0.1, 0.15) is 11.6 Å². The number of methoxy groups -OCH3 is 1. The summed E-state index contributed by atoms with van der Waals surface area (Å²) in [6.07, 6.45) is 0.875. The average Bonchev–Trinajstić information content (AvgIpc) is 2.28. The van der Waals surface area contributed by atoms with Gasteiger partial charge in [-0.25, -0.2) is 4.39 Å². The Bertz CT molecular complexity index is 377. The van der Waals surface area contributed by atoms with Crippen LogP contribution in [-0.2, 0) is 0 Å². The van der Waals surface area contributed by atoms with Crippen molar-refractivity contribution in [2.45, 2.75) is 39.0 Å². The quantitative estimate of drug-likeness (QED) is 0.854. The highest BCUT2D eigenvalue weighted by Gasteiger charge is 2.16. The molecule has 17 heavy (non-hydrogen) atoms. The maximum absolute atomic E-state index is 13.8. The molecule has 0 aliphatic rings. The molecule has 0 saturated carbocycles. The second-order valence-corrected chi connectivity index (χ2v) is 4.75. The molecule has 2 N–H and O–H groups in total. The van der Waals surface area contributed by atoms with Crippen molar-refractivity contribution in [1.82, 2.24) is 0 Å². The van der Waals surface area contributed by atoms with Gasteiger partial charge in [0.05, 0.1) is 7.11 Å². The minimum Gasteiger partial charge on any atom is -0.496 e. The molecule has 1 atom stereocenters. The summed E-state index contributed by atoms with van der Waals surface area (Å²) >= 11 is 0. The van der Waals surface area contributed by atoms with Crippen molar-refractivity contribution >= 4 is 0 Å². The lowest BCUT2D eigenvalue weighted by Gasteiger charge is -2.18. The van der Waals surface area contributed by atoms with E-state index in [4.69, 9.17) is 10.5 Å². The first-order chi connectivity index (χ1) is 8.01. The number of benzene rings is 1. The molecule has 2 nitrogen and oxygen atoms in total. The molecule has 0 aromatic heterocycles. The fourth-order valence-electron chi connectivity index (χ4n) is 2.00. The van der Waals surface area contributed by atoms with Gasteiger partial charge < -0.3 is 10.5 Å². The van der Waals surface area contributed by atoms with Crippen LogP contribution < -0.4 is 10.5 Å². The predicted molar refractivity (Wildman–Crippen MR) is 69.1 cm³/mol. The Morgan fingerprint density at radius 2 is 1.88 bits per heavy atom. The van der Waals surface area contributed by atoms with E-state index in [1.165, 1.54) is 6.07 Å². The first-order valence-corrected chi connectivity index (χ1v) is 6.08. The third-order valence-electron chi connectivity index (χ3n) is 3.10. The molecular formula is C14H22FNO. The maximum atomic E-state index is 13.8. The lowest BCUT2D eigenvalue weighted by atomic mass is 9.91. The van der Waals surface area contributed by atoms with Crippen LogP contribution in [0.25, 0.3) is 0 Å². The summed E-state index contributed by atoms with van der Waals surface area (Å²) in [5.74, 6) is 0.881. The highest BCUT2D eigenvalue weighted by molar-refractivity contribution is 5.41. The molecule has 0 heterocycles. The molecule has 0 aliphatic heterocycles. The molecular weight excluding hydrogens is 217 g/mol. The van der Waals surface area contributed by atoms with E-state index in [1.54, 1.807) is 7.11 Å². The summed E-state index contributed by atoms with van der Waals surface area (Å²) in [6, 6.07) is 3.40. The van der Waals surface area contributed by atoms with Gasteiger partial charge in [-0.05, 0) is 42.0 Å². The van der Waals surface area contributed by atoms with Crippen molar-refractivity contribution in [2.75, 3.05) is 13.7 Å². The van der Waals surface area contributed by atoms with Crippen LogP contribution in [0, 0.1) is 5.82 Å². The molecule has 96 valence electrons. The third kappa shape index (κ3) is 3.19. The lowest BCUT2D eigenvalue weighted by Crippen LogP contribution is -2.07. The van der Waals surface area contributed by atoms with E-state index >= 15 is 0 Å². The summed E-state index contributed by atoms with van der Waals surface area (Å²) in [6.45, 7) is 6.69. The zero-order chi connectivity index (χ0) is 13.0. The van der Waals surface area contributed by atoms with Crippen molar-refractivity contribution < 1.29 is 9.13 Å². The summed E-state index contributed by atoms with van der Waals surface area (Å²) in [7, 11) is 1.57. The van der Waals surface area contributed by atoms with Crippen molar-refractivity contribution in [3.8, 4) is 5.75 Å². The maximum Gasteiger partial charge on any atom is 0.130 e. The van der Waals surface area contributed by atoms with Crippen LogP contribution in [0.2, 0.25) is 0 Å². The van der Waals surface area contributed by atoms with Crippen molar-refractivity contribution in [2.24, 2.45) is 5.73 Å². The monoisotopic (exact) mass is 239 g/mol. The van der Waals surface area contributed by atoms with E-state index in [1.807, 2.05) is 19.9 Å². The van der Waals surface area contributed by atoms with Crippen LogP contribution in [0.5, 0.6) is 5.75 Å². The molecule has 0 saturated heterocycles. The van der Waals surface area contributed by atoms with E-state index in [-0.39, 0.29) is 17.7 Å². The normalized spacial score (nSPS) is 12.9. The fourth-order valence-corrected chi connectivity index (χ4v) is 2.00. The van der Waals surface area contributed by atoms with Gasteiger partial charge in [-0.2, -0.15) is 0 Å². The molecule has 0 radical (unpaired) electrons. The first kappa shape index (κ1) is 14.0. The molecule has 1 aromatic rings. The smallest absolute Gasteiger partial charge is 0.130 e. The number of ether oxygens (including phenoxy) is 1. The molecule has 0 fully saturated rings. The van der Waals surface area contributed by atoms with Gasteiger partial charge in [0.15, 0.2) is 0 Å². The standard InChI is InChI=1S/C14H22FNO/c1-9(2)11-7-12(10(3)5-6-16)14(17-4)8-13(11)15/h7-10H,5-6,16H2,1-4H3. The van der Waals surface area contributed by atoms with Gasteiger partial charge in [0.2, 0.25) is 0 Å². The van der Waals surface area contributed by atoms with E-state index < -0.39 is 0 Å². The van der Waals surface area contributed by atoms with Crippen LogP contribution in [0.15, 0.2) is 12.1 Å². The Labute approximate surface area is 103 Å². The van der Waals surface area contributed by atoms with Crippen LogP contribution in [-0.4, -0.2) is 13.7 Å². The number of nitrogens with two attached hydrogens (primary N) is 1. The summed E-state index contributed by atoms with van der Waals surface area (Å²) in [5, 5.41) is 0. The summed E-state index contributed by atoms with van der Waals surface area (Å²) in [5.41, 5.74) is 7.36. The molecule has 1 unspecified atom stereocenters. The molecule has 1 aromatic carbocycles. The van der Waals surface area contributed by atoms with Crippen LogP contribution in [0.4, 0.5) is 4.39 Å². The molecule has 0 aliphatic carbocycles. The van der Waals surface area contributed by atoms with Crippen LogP contribution in [0.3, 0.4) is 0 Å². The fraction of sp³-hybridized carbons (Fsp3) is 0.571. The molecule has 1 rings (SSSR count). The van der Waals surface area contributed by atoms with Crippen LogP contribution in [0.1, 0.15) is 50.2 Å². The molecule has 3 heteroatoms. The van der Waals surface area contributed by atoms with E-state index in [9.17, 15) is 4.39 Å². The number of rotatable bonds is 5. The Morgan fingerprint density at radius 1 is 1.24 bits per heavy atom. The van der Waals surface area contributed by atoms with Crippen LogP contribution >= 0.6 is 0 Å². The number of halogens is 1. The van der Waals surface area contributed by atoms with Crippen molar-refractivity contribution in [1.29, 1.82) is 0 Å². The van der Waals surface area contributed by atoms with Crippen molar-refractivity contribution in [3.63, 3.8) is 0 Å². The zero-order valence-corrected chi connectivity index (χ0v) is 11.1. The zero-order valence-electron chi connectivity index (χ0n) is 11.1. The van der Waals surface area contributed by atoms with Gasteiger partial charge in [-0.1, -0.05) is 20.8 Å². The van der Waals surface area contributed by atoms with Gasteiger partial charge in [0.25, 0.3) is 0 Å². The Morgan fingerprint density at radius 3 is 2.35 bits per heavy atom. The van der Waals surface area contributed by atoms with Gasteiger partial charge >= 0.3 is 0 Å². The van der Waals surface area contributed by atoms with Crippen molar-refractivity contribution in [3.05, 3.63) is 29.1 Å². The third-order valence-corrected chi connectivity index (χ3v) is 3.10. The van der Waals surface area contributed by atoms with E-state index in [0.29, 0.717) is 12.3 Å². The predicted octanol–water partition coefficient (Wildman–Crippen LogP) is 3.41. The average molecular weight is 239 g/mol. The molecule has 0 spiro atoms. The summed E-state index contributed by atoms with van der Waals surface area (Å²) < 4.78 is 19.1. The Balaban J connectivity index is 3.21. The van der Waals surface area contributed by atoms with Gasteiger partial charge in [-0.15, -0.1) is 0 Å². The lowest BCUT2D eigenvalue weighted by molar-refractivity contribution is 0.401. The minimum absolute atomic E-state index is 0.171. The second kappa shape index (κ2) is 6.01. The summed E-state index contributed by atoms with van der Waals surface area (Å²) in [4.78, 5) is 0. The highest BCUT2D eigenvalue weighted by atomic mass is 19.1. The minimum atomic E-state index is -0.194. The largest absolute Gasteiger partial charge is 0.496 e. The molecule has 0 bridgehead atoms. The van der Waals surface area contributed by atoms with E-state index in [2.05, 4.69) is 6.92 Å². The Hall–Kier alpha value is -1.09. The number of hydrogen-bond acceptors (Lipinski definition) is 2. The van der Waals surface area contributed by atoms with E-state index in [0.717, 1.165) is 17.5 Å². The topological polar surface area (TPSA) is 35.2 Å². The Kier molecular flexibility index (Phi) is 4.94. The first-order valence-electron chi connectivity index (χ1n) is 6.08. The SMILES string of the molecule is COc1cc(F)c(C(C)C)cc1C(C)CCN. The highest BCUT2D eigenvalue weighted by Crippen LogP contribution is 2.33. The van der Waals surface area contributed by atoms with Gasteiger partial charge in [0, 0.05) is 6.07 Å². The van der Waals surface area contributed by atoms with Gasteiger partial charge in [-0.3, -0.25) is 0 Å². The number of hydrogen-bond donors (Lipinski definition) is 1. The second-order valence-electron chi connectivity index (χ2n) is 4.75.